The summed E-state index contributed by atoms with van der Waals surface area (Å²) in [5.74, 6) is -0.623. The Morgan fingerprint density at radius 1 is 1.33 bits per heavy atom. The highest BCUT2D eigenvalue weighted by molar-refractivity contribution is 7.90. The molecule has 1 saturated carbocycles. The summed E-state index contributed by atoms with van der Waals surface area (Å²) in [5, 5.41) is 0. The zero-order valence-electron chi connectivity index (χ0n) is 17.3. The number of nitrogens with one attached hydrogen (secondary N) is 1. The number of ether oxygens (including phenoxy) is 3. The van der Waals surface area contributed by atoms with Crippen LogP contribution in [0.25, 0.3) is 0 Å². The van der Waals surface area contributed by atoms with E-state index in [4.69, 9.17) is 9.47 Å². The highest BCUT2D eigenvalue weighted by Crippen LogP contribution is 2.55. The smallest absolute Gasteiger partial charge is 0.573 e. The predicted octanol–water partition coefficient (Wildman–Crippen LogP) is 4.17. The van der Waals surface area contributed by atoms with Crippen molar-refractivity contribution in [1.82, 2.24) is 4.72 Å². The van der Waals surface area contributed by atoms with Gasteiger partial charge in [0.05, 0.1) is 12.6 Å². The molecule has 1 aromatic rings. The standard InChI is InChI=1S/C20H26F3NO5S/c1-5-27-17(25)19(8-9-19)16-11-14(24-30(26)18(2,3)4)13-7-6-12(10-15(13)28-16)29-20(21,22)23/h6-7,10,14,16,24H,5,8-9,11H2,1-4H3/t14-,16-,30-/m1/s1. The molecule has 0 unspecified atom stereocenters. The second kappa shape index (κ2) is 8.12. The zero-order valence-corrected chi connectivity index (χ0v) is 18.1. The average Bonchev–Trinajstić information content (AvgIpc) is 3.41. The quantitative estimate of drug-likeness (QED) is 0.519. The van der Waals surface area contributed by atoms with Crippen molar-refractivity contribution >= 4 is 17.3 Å². The van der Waals surface area contributed by atoms with E-state index < -0.39 is 45.8 Å². The molecule has 0 bridgehead atoms. The first-order chi connectivity index (χ1) is 13.9. The van der Waals surface area contributed by atoms with E-state index in [0.717, 1.165) is 6.07 Å². The fourth-order valence-corrected chi connectivity index (χ4v) is 4.30. The van der Waals surface area contributed by atoms with Gasteiger partial charge in [-0.1, -0.05) is 0 Å². The lowest BCUT2D eigenvalue weighted by atomic mass is 9.88. The maximum absolute atomic E-state index is 12.7. The second-order valence-corrected chi connectivity index (χ2v) is 10.5. The summed E-state index contributed by atoms with van der Waals surface area (Å²) in [6.45, 7) is 7.38. The number of rotatable bonds is 6. The minimum Gasteiger partial charge on any atom is -0.598 e. The van der Waals surface area contributed by atoms with Crippen LogP contribution in [0.2, 0.25) is 0 Å². The number of hydrogen-bond donors (Lipinski definition) is 1. The van der Waals surface area contributed by atoms with Crippen molar-refractivity contribution < 1.29 is 36.7 Å². The number of benzene rings is 1. The lowest BCUT2D eigenvalue weighted by molar-refractivity contribution is -0.274. The van der Waals surface area contributed by atoms with Crippen LogP contribution in [-0.4, -0.2) is 34.3 Å². The highest BCUT2D eigenvalue weighted by atomic mass is 32.2. The van der Waals surface area contributed by atoms with E-state index in [9.17, 15) is 22.5 Å². The molecule has 1 heterocycles. The van der Waals surface area contributed by atoms with E-state index in [1.54, 1.807) is 6.92 Å². The summed E-state index contributed by atoms with van der Waals surface area (Å²) in [5.41, 5.74) is -0.268. The topological polar surface area (TPSA) is 79.9 Å². The molecule has 1 N–H and O–H groups in total. The first-order valence-electron chi connectivity index (χ1n) is 9.77. The fourth-order valence-electron chi connectivity index (χ4n) is 3.47. The Labute approximate surface area is 176 Å². The van der Waals surface area contributed by atoms with Crippen LogP contribution in [-0.2, 0) is 20.9 Å². The molecule has 0 amide bonds. The van der Waals surface area contributed by atoms with Crippen LogP contribution in [0.1, 0.15) is 58.6 Å². The van der Waals surface area contributed by atoms with E-state index in [1.165, 1.54) is 12.1 Å². The van der Waals surface area contributed by atoms with Crippen LogP contribution in [0.5, 0.6) is 11.5 Å². The molecule has 0 aromatic heterocycles. The molecule has 0 saturated heterocycles. The molecule has 0 radical (unpaired) electrons. The lowest BCUT2D eigenvalue weighted by Gasteiger charge is -2.37. The first-order valence-corrected chi connectivity index (χ1v) is 10.9. The monoisotopic (exact) mass is 449 g/mol. The van der Waals surface area contributed by atoms with Crippen molar-refractivity contribution in [3.8, 4) is 11.5 Å². The van der Waals surface area contributed by atoms with Gasteiger partial charge in [0.2, 0.25) is 0 Å². The van der Waals surface area contributed by atoms with Crippen molar-refractivity contribution in [3.05, 3.63) is 23.8 Å². The third kappa shape index (κ3) is 4.97. The fraction of sp³-hybridized carbons (Fsp3) is 0.650. The van der Waals surface area contributed by atoms with Crippen molar-refractivity contribution in [2.75, 3.05) is 6.61 Å². The molecule has 30 heavy (non-hydrogen) atoms. The molecule has 6 nitrogen and oxygen atoms in total. The Morgan fingerprint density at radius 2 is 2.00 bits per heavy atom. The molecule has 1 aromatic carbocycles. The third-order valence-corrected chi connectivity index (χ3v) is 6.82. The minimum atomic E-state index is -4.84. The summed E-state index contributed by atoms with van der Waals surface area (Å²) in [4.78, 5) is 12.5. The van der Waals surface area contributed by atoms with Crippen molar-refractivity contribution in [1.29, 1.82) is 0 Å². The molecule has 168 valence electrons. The van der Waals surface area contributed by atoms with Gasteiger partial charge < -0.3 is 18.8 Å². The number of hydrogen-bond acceptors (Lipinski definition) is 6. The maximum atomic E-state index is 12.7. The number of alkyl halides is 3. The summed E-state index contributed by atoms with van der Waals surface area (Å²) in [7, 11) is 0. The summed E-state index contributed by atoms with van der Waals surface area (Å²) in [6.07, 6.45) is -3.97. The molecule has 3 rings (SSSR count). The number of esters is 1. The molecular formula is C20H26F3NO5S. The maximum Gasteiger partial charge on any atom is 0.573 e. The number of carbonyl (C=O) groups is 1. The third-order valence-electron chi connectivity index (χ3n) is 5.21. The van der Waals surface area contributed by atoms with Gasteiger partial charge in [-0.3, -0.25) is 4.79 Å². The lowest BCUT2D eigenvalue weighted by Crippen LogP contribution is -2.46. The first kappa shape index (κ1) is 23.0. The molecular weight excluding hydrogens is 423 g/mol. The largest absolute Gasteiger partial charge is 0.598 e. The number of fused-ring (bicyclic) bond motifs is 1. The van der Waals surface area contributed by atoms with Crippen LogP contribution in [0.15, 0.2) is 18.2 Å². The van der Waals surface area contributed by atoms with Gasteiger partial charge in [-0.05, 0) is 52.7 Å². The second-order valence-electron chi connectivity index (χ2n) is 8.52. The normalized spacial score (nSPS) is 23.7. The Balaban J connectivity index is 1.92. The zero-order chi connectivity index (χ0) is 22.3. The van der Waals surface area contributed by atoms with Crippen LogP contribution in [0.4, 0.5) is 13.2 Å². The minimum absolute atomic E-state index is 0.173. The van der Waals surface area contributed by atoms with Crippen LogP contribution >= 0.6 is 0 Å². The Hall–Kier alpha value is -1.65. The summed E-state index contributed by atoms with van der Waals surface area (Å²) < 4.78 is 68.3. The van der Waals surface area contributed by atoms with Gasteiger partial charge in [-0.2, -0.15) is 0 Å². The average molecular weight is 449 g/mol. The number of halogens is 3. The molecule has 3 atom stereocenters. The van der Waals surface area contributed by atoms with Crippen molar-refractivity contribution in [3.63, 3.8) is 0 Å². The van der Waals surface area contributed by atoms with E-state index >= 15 is 0 Å². The Bertz CT molecular complexity index is 792. The summed E-state index contributed by atoms with van der Waals surface area (Å²) >= 11 is -1.43. The molecule has 1 aliphatic carbocycles. The van der Waals surface area contributed by atoms with Crippen molar-refractivity contribution in [2.45, 2.75) is 70.2 Å². The molecule has 10 heteroatoms. The molecule has 1 fully saturated rings. The highest BCUT2D eigenvalue weighted by Gasteiger charge is 2.60. The van der Waals surface area contributed by atoms with E-state index in [-0.39, 0.29) is 18.3 Å². The molecule has 1 aliphatic heterocycles. The van der Waals surface area contributed by atoms with E-state index in [0.29, 0.717) is 24.8 Å². The molecule has 0 spiro atoms. The summed E-state index contributed by atoms with van der Waals surface area (Å²) in [6, 6.07) is 3.35. The van der Waals surface area contributed by atoms with Crippen LogP contribution in [0, 0.1) is 5.41 Å². The van der Waals surface area contributed by atoms with Gasteiger partial charge in [-0.25, -0.2) is 0 Å². The van der Waals surface area contributed by atoms with Crippen molar-refractivity contribution in [2.24, 2.45) is 5.41 Å². The van der Waals surface area contributed by atoms with Gasteiger partial charge >= 0.3 is 12.3 Å². The van der Waals surface area contributed by atoms with Crippen LogP contribution < -0.4 is 14.2 Å². The van der Waals surface area contributed by atoms with Gasteiger partial charge in [-0.15, -0.1) is 17.9 Å². The Kier molecular flexibility index (Phi) is 6.23. The molecule has 2 aliphatic rings. The number of carbonyl (C=O) groups excluding carboxylic acids is 1. The van der Waals surface area contributed by atoms with Crippen LogP contribution in [0.3, 0.4) is 0 Å². The van der Waals surface area contributed by atoms with Gasteiger partial charge in [0.15, 0.2) is 0 Å². The van der Waals surface area contributed by atoms with Gasteiger partial charge in [0, 0.05) is 29.4 Å². The predicted molar refractivity (Wildman–Crippen MR) is 104 cm³/mol. The van der Waals surface area contributed by atoms with Gasteiger partial charge in [0.25, 0.3) is 0 Å². The van der Waals surface area contributed by atoms with E-state index in [1.807, 2.05) is 20.8 Å². The van der Waals surface area contributed by atoms with Gasteiger partial charge in [0.1, 0.15) is 27.8 Å². The van der Waals surface area contributed by atoms with E-state index in [2.05, 4.69) is 9.46 Å². The Morgan fingerprint density at radius 3 is 2.53 bits per heavy atom. The SMILES string of the molecule is CCOC(=O)C1([C@H]2C[C@@H](N[S@+]([O-])C(C)(C)C)c3ccc(OC(F)(F)F)cc3O2)CC1.